The molecular formula is C11H13ClN4OS. The van der Waals surface area contributed by atoms with Crippen LogP contribution < -0.4 is 15.8 Å². The number of hydrogen-bond acceptors (Lipinski definition) is 4. The maximum Gasteiger partial charge on any atom is 0.206 e. The average Bonchev–Trinajstić information content (AvgIpc) is 2.35. The minimum absolute atomic E-state index is 0.0741. The minimum Gasteiger partial charge on any atom is -0.325 e. The van der Waals surface area contributed by atoms with Crippen molar-refractivity contribution in [2.45, 2.75) is 17.9 Å². The standard InChI is InChI=1S/C11H13ClN4OS/c1-6(17)8(13)5-14-11-15-9-3-2-7(12)4-10(9)18-16-11/h2-4,8H,5,13H2,1H3,(H2,14,15,16). The molecule has 0 fully saturated rings. The van der Waals surface area contributed by atoms with Crippen molar-refractivity contribution in [3.63, 3.8) is 0 Å². The van der Waals surface area contributed by atoms with Gasteiger partial charge in [-0.3, -0.25) is 14.5 Å². The molecule has 4 N–H and O–H groups in total. The third-order valence-corrected chi connectivity index (χ3v) is 3.51. The maximum absolute atomic E-state index is 11.0. The minimum atomic E-state index is -0.558. The van der Waals surface area contributed by atoms with Gasteiger partial charge in [-0.05, 0) is 37.1 Å². The summed E-state index contributed by atoms with van der Waals surface area (Å²) in [4.78, 5) is 16.2. The van der Waals surface area contributed by atoms with Crippen molar-refractivity contribution >= 4 is 41.0 Å². The largest absolute Gasteiger partial charge is 0.325 e. The van der Waals surface area contributed by atoms with Crippen LogP contribution in [-0.4, -0.2) is 24.3 Å². The topological polar surface area (TPSA) is 79.5 Å². The van der Waals surface area contributed by atoms with Crippen molar-refractivity contribution in [3.05, 3.63) is 23.2 Å². The smallest absolute Gasteiger partial charge is 0.206 e. The first-order valence-corrected chi connectivity index (χ1v) is 6.55. The Morgan fingerprint density at radius 1 is 1.61 bits per heavy atom. The number of halogens is 1. The first kappa shape index (κ1) is 13.2. The SMILES string of the molecule is CC(=O)C(N)CN=C1NSc2cc(Cl)ccc2N1. The van der Waals surface area contributed by atoms with E-state index in [1.165, 1.54) is 18.9 Å². The molecule has 7 heteroatoms. The van der Waals surface area contributed by atoms with Crippen LogP contribution in [-0.2, 0) is 4.79 Å². The van der Waals surface area contributed by atoms with Crippen LogP contribution in [0.25, 0.3) is 0 Å². The van der Waals surface area contributed by atoms with Gasteiger partial charge in [-0.25, -0.2) is 0 Å². The number of hydrogen-bond donors (Lipinski definition) is 3. The van der Waals surface area contributed by atoms with Crippen molar-refractivity contribution in [3.8, 4) is 0 Å². The first-order chi connectivity index (χ1) is 8.56. The van der Waals surface area contributed by atoms with Gasteiger partial charge >= 0.3 is 0 Å². The predicted molar refractivity (Wildman–Crippen MR) is 75.0 cm³/mol. The van der Waals surface area contributed by atoms with E-state index in [0.717, 1.165) is 10.6 Å². The number of benzene rings is 1. The average molecular weight is 285 g/mol. The van der Waals surface area contributed by atoms with Crippen LogP contribution in [0.3, 0.4) is 0 Å². The fourth-order valence-corrected chi connectivity index (χ4v) is 2.30. The Hall–Kier alpha value is -1.24. The fraction of sp³-hybridized carbons (Fsp3) is 0.273. The highest BCUT2D eigenvalue weighted by Crippen LogP contribution is 2.31. The van der Waals surface area contributed by atoms with Gasteiger partial charge in [0, 0.05) is 5.02 Å². The summed E-state index contributed by atoms with van der Waals surface area (Å²) >= 11 is 7.32. The molecule has 0 saturated heterocycles. The highest BCUT2D eigenvalue weighted by molar-refractivity contribution is 7.98. The normalized spacial score (nSPS) is 17.6. The Morgan fingerprint density at radius 3 is 3.11 bits per heavy atom. The van der Waals surface area contributed by atoms with E-state index >= 15 is 0 Å². The third kappa shape index (κ3) is 3.16. The monoisotopic (exact) mass is 284 g/mol. The van der Waals surface area contributed by atoms with Crippen molar-refractivity contribution in [1.82, 2.24) is 4.72 Å². The van der Waals surface area contributed by atoms with E-state index in [-0.39, 0.29) is 12.3 Å². The van der Waals surface area contributed by atoms with E-state index < -0.39 is 6.04 Å². The summed E-state index contributed by atoms with van der Waals surface area (Å²) in [6.07, 6.45) is 0. The molecule has 0 radical (unpaired) electrons. The number of aliphatic imine (C=N–C) groups is 1. The van der Waals surface area contributed by atoms with Gasteiger partial charge in [0.2, 0.25) is 5.96 Å². The molecule has 18 heavy (non-hydrogen) atoms. The van der Waals surface area contributed by atoms with Crippen molar-refractivity contribution in [2.24, 2.45) is 10.7 Å². The molecule has 0 spiro atoms. The number of nitrogens with one attached hydrogen (secondary N) is 2. The zero-order chi connectivity index (χ0) is 13.1. The van der Waals surface area contributed by atoms with E-state index in [4.69, 9.17) is 17.3 Å². The molecule has 0 aromatic heterocycles. The van der Waals surface area contributed by atoms with E-state index in [2.05, 4.69) is 15.0 Å². The lowest BCUT2D eigenvalue weighted by molar-refractivity contribution is -0.117. The Labute approximate surface area is 114 Å². The molecule has 96 valence electrons. The lowest BCUT2D eigenvalue weighted by Gasteiger charge is -2.20. The quantitative estimate of drug-likeness (QED) is 0.735. The Balaban J connectivity index is 2.05. The van der Waals surface area contributed by atoms with Gasteiger partial charge in [0.05, 0.1) is 23.2 Å². The zero-order valence-corrected chi connectivity index (χ0v) is 11.3. The van der Waals surface area contributed by atoms with Gasteiger partial charge in [-0.2, -0.15) is 0 Å². The summed E-state index contributed by atoms with van der Waals surface area (Å²) in [6.45, 7) is 1.72. The van der Waals surface area contributed by atoms with Gasteiger partial charge in [0.1, 0.15) is 5.78 Å². The number of carbonyl (C=O) groups is 1. The number of nitrogens with zero attached hydrogens (tertiary/aromatic N) is 1. The fourth-order valence-electron chi connectivity index (χ4n) is 1.33. The highest BCUT2D eigenvalue weighted by Gasteiger charge is 2.14. The zero-order valence-electron chi connectivity index (χ0n) is 9.74. The molecule has 0 saturated carbocycles. The Bertz CT molecular complexity index is 506. The van der Waals surface area contributed by atoms with Gasteiger partial charge < -0.3 is 11.1 Å². The summed E-state index contributed by atoms with van der Waals surface area (Å²) in [5.41, 5.74) is 6.54. The molecule has 1 aromatic carbocycles. The molecule has 0 aliphatic carbocycles. The second-order valence-electron chi connectivity index (χ2n) is 3.88. The lowest BCUT2D eigenvalue weighted by Crippen LogP contribution is -2.35. The summed E-state index contributed by atoms with van der Waals surface area (Å²) in [7, 11) is 0. The van der Waals surface area contributed by atoms with Crippen LogP contribution >= 0.6 is 23.5 Å². The van der Waals surface area contributed by atoms with Crippen LogP contribution in [0.5, 0.6) is 0 Å². The summed E-state index contributed by atoms with van der Waals surface area (Å²) in [6, 6.07) is 4.99. The number of ketones is 1. The van der Waals surface area contributed by atoms with Crippen LogP contribution in [0.4, 0.5) is 5.69 Å². The highest BCUT2D eigenvalue weighted by atomic mass is 35.5. The van der Waals surface area contributed by atoms with E-state index in [0.29, 0.717) is 11.0 Å². The Kier molecular flexibility index (Phi) is 4.11. The molecule has 0 amide bonds. The molecule has 0 bridgehead atoms. The van der Waals surface area contributed by atoms with Crippen molar-refractivity contribution in [2.75, 3.05) is 11.9 Å². The molecule has 2 rings (SSSR count). The number of rotatable bonds is 3. The van der Waals surface area contributed by atoms with Gasteiger partial charge in [-0.15, -0.1) is 0 Å². The van der Waals surface area contributed by atoms with Crippen LogP contribution in [0.15, 0.2) is 28.1 Å². The Morgan fingerprint density at radius 2 is 2.39 bits per heavy atom. The second-order valence-corrected chi connectivity index (χ2v) is 5.16. The maximum atomic E-state index is 11.0. The van der Waals surface area contributed by atoms with E-state index in [9.17, 15) is 4.79 Å². The van der Waals surface area contributed by atoms with E-state index in [1.807, 2.05) is 12.1 Å². The van der Waals surface area contributed by atoms with Crippen LogP contribution in [0, 0.1) is 0 Å². The van der Waals surface area contributed by atoms with Crippen LogP contribution in [0.2, 0.25) is 5.02 Å². The number of Topliss-reactive ketones (excluding diaryl/α,β-unsaturated/α-hetero) is 1. The van der Waals surface area contributed by atoms with Crippen molar-refractivity contribution < 1.29 is 4.79 Å². The third-order valence-electron chi connectivity index (χ3n) is 2.42. The number of carbonyl (C=O) groups excluding carboxylic acids is 1. The molecule has 1 heterocycles. The second kappa shape index (κ2) is 5.60. The van der Waals surface area contributed by atoms with Gasteiger partial charge in [0.25, 0.3) is 0 Å². The number of guanidine groups is 1. The number of anilines is 1. The summed E-state index contributed by atoms with van der Waals surface area (Å²) in [5.74, 6) is 0.515. The summed E-state index contributed by atoms with van der Waals surface area (Å²) in [5, 5.41) is 3.80. The summed E-state index contributed by atoms with van der Waals surface area (Å²) < 4.78 is 3.03. The molecule has 1 unspecified atom stereocenters. The van der Waals surface area contributed by atoms with Gasteiger partial charge in [-0.1, -0.05) is 11.6 Å². The lowest BCUT2D eigenvalue weighted by atomic mass is 10.2. The molecule has 5 nitrogen and oxygen atoms in total. The van der Waals surface area contributed by atoms with Crippen LogP contribution in [0.1, 0.15) is 6.92 Å². The molecule has 1 aromatic rings. The molecule has 1 aliphatic rings. The first-order valence-electron chi connectivity index (χ1n) is 5.36. The van der Waals surface area contributed by atoms with Gasteiger partial charge in [0.15, 0.2) is 0 Å². The molecule has 1 atom stereocenters. The predicted octanol–water partition coefficient (Wildman–Crippen LogP) is 1.63. The van der Waals surface area contributed by atoms with E-state index in [1.54, 1.807) is 6.07 Å². The molecular weight excluding hydrogens is 272 g/mol. The molecule has 1 aliphatic heterocycles. The van der Waals surface area contributed by atoms with Crippen molar-refractivity contribution in [1.29, 1.82) is 0 Å². The number of fused-ring (bicyclic) bond motifs is 1. The number of nitrogens with two attached hydrogens (primary N) is 1.